The Morgan fingerprint density at radius 1 is 1.47 bits per heavy atom. The van der Waals surface area contributed by atoms with Crippen LogP contribution in [0.4, 0.5) is 0 Å². The Bertz CT molecular complexity index is 421. The van der Waals surface area contributed by atoms with E-state index in [1.165, 1.54) is 5.56 Å². The molecule has 1 aliphatic rings. The zero-order chi connectivity index (χ0) is 13.8. The Kier molecular flexibility index (Phi) is 5.26. The lowest BCUT2D eigenvalue weighted by molar-refractivity contribution is 0.117. The predicted molar refractivity (Wildman–Crippen MR) is 80.7 cm³/mol. The summed E-state index contributed by atoms with van der Waals surface area (Å²) in [7, 11) is 0. The summed E-state index contributed by atoms with van der Waals surface area (Å²) in [6, 6.07) is 6.76. The topological polar surface area (TPSA) is 21.3 Å². The standard InChI is InChI=1S/C16H24ClNO/c1-4-7-18-16(14-8-12(3)19-10-14)13-6-5-11(2)15(17)9-13/h5-6,9,12,14,16,18H,4,7-8,10H2,1-3H3. The molecule has 0 saturated carbocycles. The molecular weight excluding hydrogens is 258 g/mol. The molecule has 0 aliphatic carbocycles. The van der Waals surface area contributed by atoms with Crippen LogP contribution >= 0.6 is 11.6 Å². The zero-order valence-corrected chi connectivity index (χ0v) is 12.8. The molecule has 1 fully saturated rings. The molecule has 2 nitrogen and oxygen atoms in total. The largest absolute Gasteiger partial charge is 0.378 e. The molecule has 106 valence electrons. The normalized spacial score (nSPS) is 24.6. The first-order chi connectivity index (χ1) is 9.11. The van der Waals surface area contributed by atoms with Gasteiger partial charge < -0.3 is 10.1 Å². The van der Waals surface area contributed by atoms with Crippen molar-refractivity contribution < 1.29 is 4.74 Å². The molecule has 19 heavy (non-hydrogen) atoms. The van der Waals surface area contributed by atoms with Crippen molar-refractivity contribution in [2.24, 2.45) is 5.92 Å². The van der Waals surface area contributed by atoms with E-state index in [0.29, 0.717) is 18.1 Å². The van der Waals surface area contributed by atoms with Crippen molar-refractivity contribution in [3.05, 3.63) is 34.3 Å². The lowest BCUT2D eigenvalue weighted by Gasteiger charge is -2.25. The molecule has 3 unspecified atom stereocenters. The molecule has 2 rings (SSSR count). The molecule has 0 bridgehead atoms. The summed E-state index contributed by atoms with van der Waals surface area (Å²) in [5, 5.41) is 4.51. The van der Waals surface area contributed by atoms with Crippen LogP contribution in [0.3, 0.4) is 0 Å². The van der Waals surface area contributed by atoms with Gasteiger partial charge in [0, 0.05) is 17.0 Å². The molecule has 1 N–H and O–H groups in total. The third-order valence-electron chi connectivity index (χ3n) is 3.87. The highest BCUT2D eigenvalue weighted by molar-refractivity contribution is 6.31. The average Bonchev–Trinajstić information content (AvgIpc) is 2.80. The summed E-state index contributed by atoms with van der Waals surface area (Å²) < 4.78 is 5.73. The van der Waals surface area contributed by atoms with E-state index in [2.05, 4.69) is 37.4 Å². The lowest BCUT2D eigenvalue weighted by Crippen LogP contribution is -2.29. The molecular formula is C16H24ClNO. The fourth-order valence-electron chi connectivity index (χ4n) is 2.74. The van der Waals surface area contributed by atoms with Crippen LogP contribution in [0.25, 0.3) is 0 Å². The predicted octanol–water partition coefficient (Wildman–Crippen LogP) is 4.11. The maximum Gasteiger partial charge on any atom is 0.0551 e. The van der Waals surface area contributed by atoms with Crippen LogP contribution in [0.5, 0.6) is 0 Å². The minimum Gasteiger partial charge on any atom is -0.378 e. The van der Waals surface area contributed by atoms with E-state index in [0.717, 1.165) is 36.6 Å². The summed E-state index contributed by atoms with van der Waals surface area (Å²) in [6.07, 6.45) is 2.63. The van der Waals surface area contributed by atoms with Gasteiger partial charge in [-0.1, -0.05) is 30.7 Å². The second kappa shape index (κ2) is 6.74. The van der Waals surface area contributed by atoms with Crippen LogP contribution in [0.15, 0.2) is 18.2 Å². The molecule has 3 heteroatoms. The molecule has 0 radical (unpaired) electrons. The average molecular weight is 282 g/mol. The maximum atomic E-state index is 6.27. The molecule has 1 heterocycles. The first-order valence-electron chi connectivity index (χ1n) is 7.22. The number of hydrogen-bond acceptors (Lipinski definition) is 2. The monoisotopic (exact) mass is 281 g/mol. The second-order valence-corrected chi connectivity index (χ2v) is 5.99. The van der Waals surface area contributed by atoms with Gasteiger partial charge in [-0.05, 0) is 50.4 Å². The van der Waals surface area contributed by atoms with E-state index in [1.807, 2.05) is 6.92 Å². The Morgan fingerprint density at radius 3 is 2.84 bits per heavy atom. The Balaban J connectivity index is 2.18. The second-order valence-electron chi connectivity index (χ2n) is 5.58. The fourth-order valence-corrected chi connectivity index (χ4v) is 2.93. The third kappa shape index (κ3) is 3.71. The molecule has 0 spiro atoms. The first-order valence-corrected chi connectivity index (χ1v) is 7.60. The minimum absolute atomic E-state index is 0.350. The molecule has 1 aromatic carbocycles. The van der Waals surface area contributed by atoms with Crippen LogP contribution < -0.4 is 5.32 Å². The minimum atomic E-state index is 0.350. The van der Waals surface area contributed by atoms with Crippen LogP contribution in [-0.4, -0.2) is 19.3 Å². The molecule has 3 atom stereocenters. The van der Waals surface area contributed by atoms with Crippen molar-refractivity contribution in [2.75, 3.05) is 13.2 Å². The van der Waals surface area contributed by atoms with Crippen LogP contribution in [0.1, 0.15) is 43.9 Å². The third-order valence-corrected chi connectivity index (χ3v) is 4.28. The summed E-state index contributed by atoms with van der Waals surface area (Å²) >= 11 is 6.27. The lowest BCUT2D eigenvalue weighted by atomic mass is 9.90. The number of nitrogens with one attached hydrogen (secondary N) is 1. The Labute approximate surface area is 121 Å². The number of benzene rings is 1. The van der Waals surface area contributed by atoms with Crippen LogP contribution in [0.2, 0.25) is 5.02 Å². The zero-order valence-electron chi connectivity index (χ0n) is 12.1. The van der Waals surface area contributed by atoms with Crippen LogP contribution in [0, 0.1) is 12.8 Å². The van der Waals surface area contributed by atoms with Gasteiger partial charge in [0.1, 0.15) is 0 Å². The first kappa shape index (κ1) is 14.8. The number of rotatable bonds is 5. The van der Waals surface area contributed by atoms with Gasteiger partial charge in [0.25, 0.3) is 0 Å². The number of halogens is 1. The van der Waals surface area contributed by atoms with Crippen molar-refractivity contribution in [1.29, 1.82) is 0 Å². The van der Waals surface area contributed by atoms with Gasteiger partial charge in [-0.25, -0.2) is 0 Å². The summed E-state index contributed by atoms with van der Waals surface area (Å²) in [6.45, 7) is 8.26. The molecule has 1 saturated heterocycles. The molecule has 0 amide bonds. The van der Waals surface area contributed by atoms with Gasteiger partial charge >= 0.3 is 0 Å². The highest BCUT2D eigenvalue weighted by atomic mass is 35.5. The summed E-state index contributed by atoms with van der Waals surface area (Å²) in [4.78, 5) is 0. The van der Waals surface area contributed by atoms with E-state index >= 15 is 0 Å². The quantitative estimate of drug-likeness (QED) is 0.877. The van der Waals surface area contributed by atoms with Crippen molar-refractivity contribution in [3.8, 4) is 0 Å². The number of hydrogen-bond donors (Lipinski definition) is 1. The van der Waals surface area contributed by atoms with Gasteiger partial charge in [-0.2, -0.15) is 0 Å². The van der Waals surface area contributed by atoms with Gasteiger partial charge in [0.2, 0.25) is 0 Å². The number of ether oxygens (including phenoxy) is 1. The summed E-state index contributed by atoms with van der Waals surface area (Å²) in [5.41, 5.74) is 2.42. The smallest absolute Gasteiger partial charge is 0.0551 e. The Morgan fingerprint density at radius 2 is 2.26 bits per heavy atom. The Hall–Kier alpha value is -0.570. The highest BCUT2D eigenvalue weighted by Crippen LogP contribution is 2.33. The van der Waals surface area contributed by atoms with E-state index in [1.54, 1.807) is 0 Å². The van der Waals surface area contributed by atoms with Crippen LogP contribution in [-0.2, 0) is 4.74 Å². The molecule has 0 aromatic heterocycles. The van der Waals surface area contributed by atoms with E-state index in [4.69, 9.17) is 16.3 Å². The van der Waals surface area contributed by atoms with Gasteiger partial charge in [0.05, 0.1) is 12.7 Å². The number of aryl methyl sites for hydroxylation is 1. The van der Waals surface area contributed by atoms with Crippen molar-refractivity contribution in [1.82, 2.24) is 5.32 Å². The fraction of sp³-hybridized carbons (Fsp3) is 0.625. The summed E-state index contributed by atoms with van der Waals surface area (Å²) in [5.74, 6) is 0.542. The maximum absolute atomic E-state index is 6.27. The van der Waals surface area contributed by atoms with Gasteiger partial charge in [-0.15, -0.1) is 0 Å². The van der Waals surface area contributed by atoms with Crippen molar-refractivity contribution in [2.45, 2.75) is 45.8 Å². The van der Waals surface area contributed by atoms with Crippen molar-refractivity contribution in [3.63, 3.8) is 0 Å². The van der Waals surface area contributed by atoms with Gasteiger partial charge in [0.15, 0.2) is 0 Å². The van der Waals surface area contributed by atoms with E-state index in [-0.39, 0.29) is 0 Å². The van der Waals surface area contributed by atoms with E-state index < -0.39 is 0 Å². The van der Waals surface area contributed by atoms with E-state index in [9.17, 15) is 0 Å². The van der Waals surface area contributed by atoms with Crippen molar-refractivity contribution >= 4 is 11.6 Å². The SMILES string of the molecule is CCCNC(c1ccc(C)c(Cl)c1)C1COC(C)C1. The van der Waals surface area contributed by atoms with Gasteiger partial charge in [-0.3, -0.25) is 0 Å². The highest BCUT2D eigenvalue weighted by Gasteiger charge is 2.30. The molecule has 1 aromatic rings. The molecule has 1 aliphatic heterocycles.